The first-order chi connectivity index (χ1) is 9.61. The largest absolute Gasteiger partial charge is 0.480 e. The maximum Gasteiger partial charge on any atom is 0.326 e. The van der Waals surface area contributed by atoms with Crippen LogP contribution >= 0.6 is 0 Å². The third-order valence-electron chi connectivity index (χ3n) is 2.90. The van der Waals surface area contributed by atoms with E-state index in [2.05, 4.69) is 15.5 Å². The van der Waals surface area contributed by atoms with Crippen molar-refractivity contribution in [3.05, 3.63) is 42.1 Å². The predicted octanol–water partition coefficient (Wildman–Crippen LogP) is 1.67. The lowest BCUT2D eigenvalue weighted by Gasteiger charge is -2.10. The molecule has 1 aromatic heterocycles. The number of aromatic amines is 1. The van der Waals surface area contributed by atoms with Crippen LogP contribution in [0, 0.1) is 0 Å². The number of benzene rings is 1. The molecule has 6 nitrogen and oxygen atoms in total. The lowest BCUT2D eigenvalue weighted by molar-refractivity contribution is -0.139. The van der Waals surface area contributed by atoms with E-state index in [4.69, 9.17) is 5.11 Å². The fourth-order valence-corrected chi connectivity index (χ4v) is 1.77. The van der Waals surface area contributed by atoms with Crippen LogP contribution in [-0.2, 0) is 4.79 Å². The first kappa shape index (κ1) is 13.8. The number of H-pyrrole nitrogens is 1. The summed E-state index contributed by atoms with van der Waals surface area (Å²) in [7, 11) is 0. The number of nitrogens with one attached hydrogen (secondary N) is 2. The Kier molecular flexibility index (Phi) is 4.14. The molecular weight excluding hydrogens is 258 g/mol. The molecule has 20 heavy (non-hydrogen) atoms. The van der Waals surface area contributed by atoms with E-state index in [1.165, 1.54) is 0 Å². The number of rotatable bonds is 5. The number of hydrogen-bond acceptors (Lipinski definition) is 3. The van der Waals surface area contributed by atoms with E-state index in [1.54, 1.807) is 13.0 Å². The zero-order valence-electron chi connectivity index (χ0n) is 11.0. The number of carbonyl (C=O) groups excluding carboxylic acids is 1. The van der Waals surface area contributed by atoms with Gasteiger partial charge in [-0.1, -0.05) is 37.3 Å². The number of hydrogen-bond donors (Lipinski definition) is 3. The molecule has 1 aromatic carbocycles. The van der Waals surface area contributed by atoms with E-state index in [9.17, 15) is 9.59 Å². The summed E-state index contributed by atoms with van der Waals surface area (Å²) >= 11 is 0. The van der Waals surface area contributed by atoms with Crippen LogP contribution in [0.15, 0.2) is 36.4 Å². The minimum atomic E-state index is -1.05. The van der Waals surface area contributed by atoms with E-state index in [0.29, 0.717) is 12.1 Å². The third kappa shape index (κ3) is 3.03. The van der Waals surface area contributed by atoms with Crippen LogP contribution in [0.25, 0.3) is 11.3 Å². The molecule has 1 amide bonds. The van der Waals surface area contributed by atoms with Gasteiger partial charge < -0.3 is 10.4 Å². The Labute approximate surface area is 115 Å². The summed E-state index contributed by atoms with van der Waals surface area (Å²) < 4.78 is 0. The SMILES string of the molecule is CC[C@@H](NC(=O)c1cc(-c2ccccc2)n[nH]1)C(=O)O. The molecule has 1 heterocycles. The average molecular weight is 273 g/mol. The van der Waals surface area contributed by atoms with Crippen LogP contribution in [-0.4, -0.2) is 33.2 Å². The summed E-state index contributed by atoms with van der Waals surface area (Å²) in [5.41, 5.74) is 1.76. The number of amides is 1. The Morgan fingerprint density at radius 3 is 2.65 bits per heavy atom. The zero-order valence-corrected chi connectivity index (χ0v) is 11.0. The van der Waals surface area contributed by atoms with Crippen LogP contribution in [0.2, 0.25) is 0 Å². The van der Waals surface area contributed by atoms with Crippen molar-refractivity contribution in [3.63, 3.8) is 0 Å². The lowest BCUT2D eigenvalue weighted by Crippen LogP contribution is -2.40. The summed E-state index contributed by atoms with van der Waals surface area (Å²) in [5, 5.41) is 18.0. The van der Waals surface area contributed by atoms with Gasteiger partial charge in [0.25, 0.3) is 5.91 Å². The van der Waals surface area contributed by atoms with Crippen molar-refractivity contribution in [1.29, 1.82) is 0 Å². The maximum absolute atomic E-state index is 11.9. The molecule has 6 heteroatoms. The second kappa shape index (κ2) is 6.01. The minimum Gasteiger partial charge on any atom is -0.480 e. The highest BCUT2D eigenvalue weighted by atomic mass is 16.4. The summed E-state index contributed by atoms with van der Waals surface area (Å²) in [6.45, 7) is 1.70. The first-order valence-corrected chi connectivity index (χ1v) is 6.26. The molecule has 0 aliphatic rings. The Balaban J connectivity index is 2.13. The fraction of sp³-hybridized carbons (Fsp3) is 0.214. The molecule has 0 aliphatic carbocycles. The minimum absolute atomic E-state index is 0.239. The van der Waals surface area contributed by atoms with Crippen LogP contribution in [0.3, 0.4) is 0 Å². The van der Waals surface area contributed by atoms with E-state index in [1.807, 2.05) is 30.3 Å². The van der Waals surface area contributed by atoms with Crippen molar-refractivity contribution in [2.75, 3.05) is 0 Å². The van der Waals surface area contributed by atoms with Gasteiger partial charge in [0, 0.05) is 5.56 Å². The first-order valence-electron chi connectivity index (χ1n) is 6.26. The summed E-state index contributed by atoms with van der Waals surface area (Å²) in [5.74, 6) is -1.53. The van der Waals surface area contributed by atoms with Crippen LogP contribution in [0.4, 0.5) is 0 Å². The number of carboxylic acids is 1. The molecule has 0 saturated carbocycles. The van der Waals surface area contributed by atoms with Gasteiger partial charge in [0.1, 0.15) is 11.7 Å². The third-order valence-corrected chi connectivity index (χ3v) is 2.90. The molecule has 0 aliphatic heterocycles. The molecule has 3 N–H and O–H groups in total. The molecule has 0 bridgehead atoms. The van der Waals surface area contributed by atoms with Gasteiger partial charge >= 0.3 is 5.97 Å². The van der Waals surface area contributed by atoms with Crippen LogP contribution in [0.1, 0.15) is 23.8 Å². The molecule has 0 saturated heterocycles. The second-order valence-corrected chi connectivity index (χ2v) is 4.31. The van der Waals surface area contributed by atoms with Gasteiger partial charge in [-0.25, -0.2) is 4.79 Å². The van der Waals surface area contributed by atoms with Crippen molar-refractivity contribution in [2.24, 2.45) is 0 Å². The standard InChI is InChI=1S/C14H15N3O3/c1-2-10(14(19)20)15-13(18)12-8-11(16-17-12)9-6-4-3-5-7-9/h3-8,10H,2H2,1H3,(H,15,18)(H,16,17)(H,19,20)/t10-/m1/s1. The Morgan fingerprint density at radius 1 is 1.35 bits per heavy atom. The zero-order chi connectivity index (χ0) is 14.5. The summed E-state index contributed by atoms with van der Waals surface area (Å²) in [4.78, 5) is 22.8. The van der Waals surface area contributed by atoms with Crippen molar-refractivity contribution in [3.8, 4) is 11.3 Å². The number of carbonyl (C=O) groups is 2. The maximum atomic E-state index is 11.9. The van der Waals surface area contributed by atoms with Gasteiger partial charge in [-0.2, -0.15) is 5.10 Å². The molecule has 2 aromatic rings. The Morgan fingerprint density at radius 2 is 2.05 bits per heavy atom. The number of aliphatic carboxylic acids is 1. The monoisotopic (exact) mass is 273 g/mol. The molecule has 0 radical (unpaired) electrons. The van der Waals surface area contributed by atoms with Gasteiger partial charge in [0.05, 0.1) is 5.69 Å². The van der Waals surface area contributed by atoms with E-state index >= 15 is 0 Å². The average Bonchev–Trinajstić information content (AvgIpc) is 2.95. The predicted molar refractivity (Wildman–Crippen MR) is 73.2 cm³/mol. The molecule has 0 unspecified atom stereocenters. The molecule has 0 fully saturated rings. The highest BCUT2D eigenvalue weighted by molar-refractivity contribution is 5.95. The lowest BCUT2D eigenvalue weighted by atomic mass is 10.1. The van der Waals surface area contributed by atoms with E-state index in [-0.39, 0.29) is 5.69 Å². The quantitative estimate of drug-likeness (QED) is 0.772. The van der Waals surface area contributed by atoms with Crippen LogP contribution < -0.4 is 5.32 Å². The Bertz CT molecular complexity index is 607. The van der Waals surface area contributed by atoms with Gasteiger partial charge in [0.15, 0.2) is 0 Å². The van der Waals surface area contributed by atoms with Gasteiger partial charge in [0.2, 0.25) is 0 Å². The van der Waals surface area contributed by atoms with Crippen molar-refractivity contribution < 1.29 is 14.7 Å². The topological polar surface area (TPSA) is 95.1 Å². The fourth-order valence-electron chi connectivity index (χ4n) is 1.77. The molecule has 0 spiro atoms. The normalized spacial score (nSPS) is 11.8. The van der Waals surface area contributed by atoms with Gasteiger partial charge in [-0.15, -0.1) is 0 Å². The molecule has 1 atom stereocenters. The van der Waals surface area contributed by atoms with E-state index in [0.717, 1.165) is 5.56 Å². The Hall–Kier alpha value is -2.63. The van der Waals surface area contributed by atoms with E-state index < -0.39 is 17.9 Å². The van der Waals surface area contributed by atoms with Gasteiger partial charge in [-0.3, -0.25) is 9.89 Å². The number of nitrogens with zero attached hydrogens (tertiary/aromatic N) is 1. The summed E-state index contributed by atoms with van der Waals surface area (Å²) in [6.07, 6.45) is 0.320. The van der Waals surface area contributed by atoms with Crippen molar-refractivity contribution in [2.45, 2.75) is 19.4 Å². The smallest absolute Gasteiger partial charge is 0.326 e. The van der Waals surface area contributed by atoms with Crippen LogP contribution in [0.5, 0.6) is 0 Å². The number of carboxylic acid groups (broad SMARTS) is 1. The number of aromatic nitrogens is 2. The second-order valence-electron chi connectivity index (χ2n) is 4.31. The highest BCUT2D eigenvalue weighted by Crippen LogP contribution is 2.16. The van der Waals surface area contributed by atoms with Crippen molar-refractivity contribution >= 4 is 11.9 Å². The van der Waals surface area contributed by atoms with Crippen molar-refractivity contribution in [1.82, 2.24) is 15.5 Å². The molecule has 104 valence electrons. The summed E-state index contributed by atoms with van der Waals surface area (Å²) in [6, 6.07) is 10.1. The van der Waals surface area contributed by atoms with Gasteiger partial charge in [-0.05, 0) is 12.5 Å². The molecular formula is C14H15N3O3. The molecule has 2 rings (SSSR count). The highest BCUT2D eigenvalue weighted by Gasteiger charge is 2.19.